The summed E-state index contributed by atoms with van der Waals surface area (Å²) in [6.07, 6.45) is 1.63. The van der Waals surface area contributed by atoms with Gasteiger partial charge in [-0.2, -0.15) is 0 Å². The average Bonchev–Trinajstić information content (AvgIpc) is 2.85. The van der Waals surface area contributed by atoms with Crippen LogP contribution in [0.1, 0.15) is 16.9 Å². The molecule has 0 atom stereocenters. The van der Waals surface area contributed by atoms with Crippen LogP contribution in [-0.2, 0) is 13.1 Å². The Labute approximate surface area is 118 Å². The van der Waals surface area contributed by atoms with Crippen molar-refractivity contribution >= 4 is 11.7 Å². The number of rotatable bonds is 4. The number of hydrogen-bond acceptors (Lipinski definition) is 3. The number of hydrogen-bond donors (Lipinski definition) is 2. The minimum atomic E-state index is -0.179. The van der Waals surface area contributed by atoms with Crippen molar-refractivity contribution in [2.24, 2.45) is 5.73 Å². The Bertz CT molecular complexity index is 575. The van der Waals surface area contributed by atoms with E-state index in [0.29, 0.717) is 13.1 Å². The van der Waals surface area contributed by atoms with Crippen LogP contribution in [0.5, 0.6) is 0 Å². The number of furan rings is 1. The maximum absolute atomic E-state index is 12.1. The van der Waals surface area contributed by atoms with Crippen LogP contribution in [0.3, 0.4) is 0 Å². The summed E-state index contributed by atoms with van der Waals surface area (Å²) < 4.78 is 5.33. The van der Waals surface area contributed by atoms with Crippen LogP contribution in [0.2, 0.25) is 0 Å². The van der Waals surface area contributed by atoms with E-state index in [1.165, 1.54) is 0 Å². The van der Waals surface area contributed by atoms with E-state index in [1.54, 1.807) is 18.2 Å². The number of aryl methyl sites for hydroxylation is 1. The van der Waals surface area contributed by atoms with Gasteiger partial charge in [-0.15, -0.1) is 0 Å². The lowest BCUT2D eigenvalue weighted by atomic mass is 10.2. The molecule has 1 heterocycles. The van der Waals surface area contributed by atoms with Crippen LogP contribution in [0, 0.1) is 6.92 Å². The van der Waals surface area contributed by atoms with E-state index < -0.39 is 0 Å². The molecule has 0 unspecified atom stereocenters. The maximum Gasteiger partial charge on any atom is 0.321 e. The lowest BCUT2D eigenvalue weighted by Gasteiger charge is -2.17. The smallest absolute Gasteiger partial charge is 0.321 e. The summed E-state index contributed by atoms with van der Waals surface area (Å²) in [6, 6.07) is 9.17. The van der Waals surface area contributed by atoms with E-state index in [0.717, 1.165) is 22.6 Å². The molecule has 1 aromatic carbocycles. The van der Waals surface area contributed by atoms with E-state index in [4.69, 9.17) is 10.2 Å². The first-order valence-corrected chi connectivity index (χ1v) is 6.44. The molecule has 0 saturated carbocycles. The molecule has 1 aromatic heterocycles. The van der Waals surface area contributed by atoms with Crippen molar-refractivity contribution in [1.82, 2.24) is 4.90 Å². The van der Waals surface area contributed by atoms with Gasteiger partial charge in [0, 0.05) is 19.3 Å². The highest BCUT2D eigenvalue weighted by atomic mass is 16.3. The average molecular weight is 273 g/mol. The largest absolute Gasteiger partial charge is 0.467 e. The fourth-order valence-electron chi connectivity index (χ4n) is 1.80. The molecule has 20 heavy (non-hydrogen) atoms. The van der Waals surface area contributed by atoms with Crippen LogP contribution in [0.25, 0.3) is 0 Å². The standard InChI is InChI=1S/C15H19N3O2/c1-11-7-8-20-14(11)10-18(2)15(19)17-13-5-3-12(9-16)4-6-13/h3-8H,9-10,16H2,1-2H3,(H,17,19). The molecule has 2 amide bonds. The fraction of sp³-hybridized carbons (Fsp3) is 0.267. The fourth-order valence-corrected chi connectivity index (χ4v) is 1.80. The molecule has 3 N–H and O–H groups in total. The third-order valence-electron chi connectivity index (χ3n) is 3.14. The Morgan fingerprint density at radius 2 is 2.00 bits per heavy atom. The third kappa shape index (κ3) is 3.39. The molecule has 5 heteroatoms. The summed E-state index contributed by atoms with van der Waals surface area (Å²) in [5.41, 5.74) is 8.35. The van der Waals surface area contributed by atoms with E-state index in [1.807, 2.05) is 37.3 Å². The molecule has 0 fully saturated rings. The molecule has 0 saturated heterocycles. The van der Waals surface area contributed by atoms with Gasteiger partial charge in [-0.1, -0.05) is 12.1 Å². The number of amides is 2. The molecule has 0 aliphatic rings. The first-order valence-electron chi connectivity index (χ1n) is 6.44. The van der Waals surface area contributed by atoms with Gasteiger partial charge in [-0.25, -0.2) is 4.79 Å². The minimum absolute atomic E-state index is 0.179. The zero-order valence-electron chi connectivity index (χ0n) is 11.7. The normalized spacial score (nSPS) is 10.3. The van der Waals surface area contributed by atoms with Crippen molar-refractivity contribution < 1.29 is 9.21 Å². The second kappa shape index (κ2) is 6.25. The summed E-state index contributed by atoms with van der Waals surface area (Å²) in [5.74, 6) is 0.793. The van der Waals surface area contributed by atoms with E-state index in [-0.39, 0.29) is 6.03 Å². The first kappa shape index (κ1) is 14.1. The highest BCUT2D eigenvalue weighted by molar-refractivity contribution is 5.89. The predicted molar refractivity (Wildman–Crippen MR) is 78.3 cm³/mol. The van der Waals surface area contributed by atoms with Crippen molar-refractivity contribution in [3.63, 3.8) is 0 Å². The van der Waals surface area contributed by atoms with E-state index in [9.17, 15) is 4.79 Å². The Morgan fingerprint density at radius 1 is 1.30 bits per heavy atom. The summed E-state index contributed by atoms with van der Waals surface area (Å²) in [5, 5.41) is 2.83. The maximum atomic E-state index is 12.1. The van der Waals surface area contributed by atoms with Crippen molar-refractivity contribution in [3.8, 4) is 0 Å². The Kier molecular flexibility index (Phi) is 4.42. The molecule has 5 nitrogen and oxygen atoms in total. The summed E-state index contributed by atoms with van der Waals surface area (Å²) >= 11 is 0. The second-order valence-electron chi connectivity index (χ2n) is 4.71. The second-order valence-corrected chi connectivity index (χ2v) is 4.71. The van der Waals surface area contributed by atoms with Crippen LogP contribution >= 0.6 is 0 Å². The van der Waals surface area contributed by atoms with Gasteiger partial charge >= 0.3 is 6.03 Å². The van der Waals surface area contributed by atoms with Crippen molar-refractivity contribution in [1.29, 1.82) is 0 Å². The monoisotopic (exact) mass is 273 g/mol. The minimum Gasteiger partial charge on any atom is -0.467 e. The topological polar surface area (TPSA) is 71.5 Å². The molecule has 0 bridgehead atoms. The zero-order chi connectivity index (χ0) is 14.5. The molecule has 0 radical (unpaired) electrons. The van der Waals surface area contributed by atoms with Crippen molar-refractivity contribution in [2.45, 2.75) is 20.0 Å². The van der Waals surface area contributed by atoms with Gasteiger partial charge in [0.15, 0.2) is 0 Å². The highest BCUT2D eigenvalue weighted by Crippen LogP contribution is 2.13. The first-order chi connectivity index (χ1) is 9.60. The van der Waals surface area contributed by atoms with E-state index in [2.05, 4.69) is 5.32 Å². The number of carbonyl (C=O) groups is 1. The van der Waals surface area contributed by atoms with Gasteiger partial charge in [0.25, 0.3) is 0 Å². The molecular formula is C15H19N3O2. The Morgan fingerprint density at radius 3 is 2.55 bits per heavy atom. The number of nitrogens with zero attached hydrogens (tertiary/aromatic N) is 1. The van der Waals surface area contributed by atoms with Crippen molar-refractivity contribution in [2.75, 3.05) is 12.4 Å². The molecule has 106 valence electrons. The molecule has 0 aliphatic carbocycles. The van der Waals surface area contributed by atoms with Crippen LogP contribution in [0.15, 0.2) is 41.0 Å². The number of carbonyl (C=O) groups excluding carboxylic acids is 1. The summed E-state index contributed by atoms with van der Waals surface area (Å²) in [6.45, 7) is 2.88. The van der Waals surface area contributed by atoms with Crippen LogP contribution in [0.4, 0.5) is 10.5 Å². The molecule has 2 aromatic rings. The molecular weight excluding hydrogens is 254 g/mol. The summed E-state index contributed by atoms with van der Waals surface area (Å²) in [4.78, 5) is 13.6. The Hall–Kier alpha value is -2.27. The SMILES string of the molecule is Cc1ccoc1CN(C)C(=O)Nc1ccc(CN)cc1. The molecule has 2 rings (SSSR count). The van der Waals surface area contributed by atoms with Gasteiger partial charge in [0.1, 0.15) is 5.76 Å². The zero-order valence-corrected chi connectivity index (χ0v) is 11.7. The number of benzene rings is 1. The number of nitrogens with two attached hydrogens (primary N) is 1. The Balaban J connectivity index is 1.95. The predicted octanol–water partition coefficient (Wildman–Crippen LogP) is 2.71. The van der Waals surface area contributed by atoms with Crippen molar-refractivity contribution in [3.05, 3.63) is 53.5 Å². The van der Waals surface area contributed by atoms with Gasteiger partial charge in [0.2, 0.25) is 0 Å². The number of urea groups is 1. The van der Waals surface area contributed by atoms with Crippen LogP contribution in [-0.4, -0.2) is 18.0 Å². The van der Waals surface area contributed by atoms with Gasteiger partial charge < -0.3 is 20.4 Å². The molecule has 0 aliphatic heterocycles. The van der Waals surface area contributed by atoms with Crippen LogP contribution < -0.4 is 11.1 Å². The molecule has 0 spiro atoms. The van der Waals surface area contributed by atoms with Gasteiger partial charge in [0.05, 0.1) is 12.8 Å². The number of anilines is 1. The lowest BCUT2D eigenvalue weighted by Crippen LogP contribution is -2.30. The van der Waals surface area contributed by atoms with Gasteiger partial charge in [-0.3, -0.25) is 0 Å². The summed E-state index contributed by atoms with van der Waals surface area (Å²) in [7, 11) is 1.73. The third-order valence-corrected chi connectivity index (χ3v) is 3.14. The van der Waals surface area contributed by atoms with Gasteiger partial charge in [-0.05, 0) is 36.2 Å². The number of nitrogens with one attached hydrogen (secondary N) is 1. The quantitative estimate of drug-likeness (QED) is 0.899. The highest BCUT2D eigenvalue weighted by Gasteiger charge is 2.12. The van der Waals surface area contributed by atoms with E-state index >= 15 is 0 Å². The lowest BCUT2D eigenvalue weighted by molar-refractivity contribution is 0.216.